The van der Waals surface area contributed by atoms with Gasteiger partial charge in [0.25, 0.3) is 0 Å². The Morgan fingerprint density at radius 2 is 2.22 bits per heavy atom. The van der Waals surface area contributed by atoms with E-state index in [4.69, 9.17) is 11.6 Å². The quantitative estimate of drug-likeness (QED) is 0.860. The summed E-state index contributed by atoms with van der Waals surface area (Å²) in [6.45, 7) is 2.29. The van der Waals surface area contributed by atoms with E-state index in [-0.39, 0.29) is 5.91 Å². The number of carbonyl (C=O) groups is 1. The molecule has 2 N–H and O–H groups in total. The van der Waals surface area contributed by atoms with Crippen molar-refractivity contribution in [3.8, 4) is 0 Å². The summed E-state index contributed by atoms with van der Waals surface area (Å²) in [4.78, 5) is 13.1. The lowest BCUT2D eigenvalue weighted by atomic mass is 10.1. The van der Waals surface area contributed by atoms with Gasteiger partial charge in [0.1, 0.15) is 0 Å². The molecule has 0 aliphatic heterocycles. The molecule has 0 aliphatic rings. The Morgan fingerprint density at radius 3 is 2.72 bits per heavy atom. The summed E-state index contributed by atoms with van der Waals surface area (Å²) in [5, 5.41) is 12.6. The fraction of sp³-hybridized carbons (Fsp3) is 0.462. The molecule has 4 nitrogen and oxygen atoms in total. The molecule has 1 aromatic carbocycles. The summed E-state index contributed by atoms with van der Waals surface area (Å²) in [6.07, 6.45) is -0.116. The molecule has 0 spiro atoms. The second-order valence-corrected chi connectivity index (χ2v) is 4.64. The van der Waals surface area contributed by atoms with Crippen LogP contribution in [-0.2, 0) is 4.79 Å². The van der Waals surface area contributed by atoms with E-state index in [9.17, 15) is 9.90 Å². The third kappa shape index (κ3) is 3.89. The molecule has 0 radical (unpaired) electrons. The van der Waals surface area contributed by atoms with Gasteiger partial charge in [0.05, 0.1) is 16.8 Å². The van der Waals surface area contributed by atoms with Crippen molar-refractivity contribution in [1.29, 1.82) is 0 Å². The zero-order chi connectivity index (χ0) is 13.7. The van der Waals surface area contributed by atoms with E-state index in [0.717, 1.165) is 11.3 Å². The third-order valence-corrected chi connectivity index (χ3v) is 3.12. The van der Waals surface area contributed by atoms with Crippen molar-refractivity contribution < 1.29 is 9.90 Å². The summed E-state index contributed by atoms with van der Waals surface area (Å²) in [6, 6.07) is 5.44. The molecule has 0 aromatic heterocycles. The number of anilines is 1. The largest absolute Gasteiger partial charge is 0.389 e. The minimum atomic E-state index is -0.535. The van der Waals surface area contributed by atoms with Crippen molar-refractivity contribution in [1.82, 2.24) is 5.32 Å². The van der Waals surface area contributed by atoms with Crippen molar-refractivity contribution >= 4 is 23.2 Å². The van der Waals surface area contributed by atoms with E-state index in [0.29, 0.717) is 18.0 Å². The fourth-order valence-corrected chi connectivity index (χ4v) is 1.94. The number of halogens is 1. The van der Waals surface area contributed by atoms with Gasteiger partial charge in [-0.2, -0.15) is 0 Å². The van der Waals surface area contributed by atoms with Gasteiger partial charge < -0.3 is 15.3 Å². The molecule has 0 saturated carbocycles. The Kier molecular flexibility index (Phi) is 5.44. The van der Waals surface area contributed by atoms with Gasteiger partial charge >= 0.3 is 0 Å². The highest BCUT2D eigenvalue weighted by Crippen LogP contribution is 2.28. The van der Waals surface area contributed by atoms with E-state index in [2.05, 4.69) is 5.32 Å². The number of aliphatic hydroxyl groups excluding tert-OH is 1. The van der Waals surface area contributed by atoms with Crippen molar-refractivity contribution in [3.63, 3.8) is 0 Å². The van der Waals surface area contributed by atoms with Crippen LogP contribution in [0.25, 0.3) is 0 Å². The highest BCUT2D eigenvalue weighted by molar-refractivity contribution is 6.33. The SMILES string of the molecule is CNC(=O)CCN(C)c1ccc([C@H](C)O)cc1Cl. The van der Waals surface area contributed by atoms with Crippen LogP contribution in [0, 0.1) is 0 Å². The molecule has 1 atom stereocenters. The number of amides is 1. The van der Waals surface area contributed by atoms with Gasteiger partial charge in [0, 0.05) is 27.1 Å². The first-order valence-corrected chi connectivity index (χ1v) is 6.22. The highest BCUT2D eigenvalue weighted by atomic mass is 35.5. The number of nitrogens with one attached hydrogen (secondary N) is 1. The van der Waals surface area contributed by atoms with Crippen LogP contribution in [0.4, 0.5) is 5.69 Å². The first kappa shape index (κ1) is 14.8. The average Bonchev–Trinajstić information content (AvgIpc) is 2.35. The van der Waals surface area contributed by atoms with Crippen molar-refractivity contribution in [2.75, 3.05) is 25.5 Å². The monoisotopic (exact) mass is 270 g/mol. The predicted octanol–water partition coefficient (Wildman–Crippen LogP) is 1.97. The zero-order valence-electron chi connectivity index (χ0n) is 10.9. The molecule has 1 amide bonds. The molecule has 1 aromatic rings. The lowest BCUT2D eigenvalue weighted by molar-refractivity contribution is -0.120. The normalized spacial score (nSPS) is 12.1. The molecular formula is C13H19ClN2O2. The molecule has 0 bridgehead atoms. The Morgan fingerprint density at radius 1 is 1.56 bits per heavy atom. The van der Waals surface area contributed by atoms with Crippen molar-refractivity contribution in [2.45, 2.75) is 19.4 Å². The smallest absolute Gasteiger partial charge is 0.221 e. The molecular weight excluding hydrogens is 252 g/mol. The van der Waals surface area contributed by atoms with Crippen LogP contribution in [0.15, 0.2) is 18.2 Å². The third-order valence-electron chi connectivity index (χ3n) is 2.82. The Balaban J connectivity index is 2.74. The van der Waals surface area contributed by atoms with Crippen LogP contribution in [0.2, 0.25) is 5.02 Å². The molecule has 0 unspecified atom stereocenters. The van der Waals surface area contributed by atoms with Gasteiger partial charge in [-0.1, -0.05) is 17.7 Å². The van der Waals surface area contributed by atoms with E-state index >= 15 is 0 Å². The summed E-state index contributed by atoms with van der Waals surface area (Å²) < 4.78 is 0. The van der Waals surface area contributed by atoms with Crippen LogP contribution in [0.5, 0.6) is 0 Å². The molecule has 0 heterocycles. The Hall–Kier alpha value is -1.26. The summed E-state index contributed by atoms with van der Waals surface area (Å²) in [5.74, 6) is -0.00132. The van der Waals surface area contributed by atoms with Crippen molar-refractivity contribution in [2.24, 2.45) is 0 Å². The standard InChI is InChI=1S/C13H19ClN2O2/c1-9(17)10-4-5-12(11(14)8-10)16(3)7-6-13(18)15-2/h4-5,8-9,17H,6-7H2,1-3H3,(H,15,18)/t9-/m0/s1. The van der Waals surface area contributed by atoms with Crippen LogP contribution in [-0.4, -0.2) is 31.7 Å². The van der Waals surface area contributed by atoms with Gasteiger partial charge in [-0.3, -0.25) is 4.79 Å². The average molecular weight is 271 g/mol. The highest BCUT2D eigenvalue weighted by Gasteiger charge is 2.10. The van der Waals surface area contributed by atoms with Crippen LogP contribution >= 0.6 is 11.6 Å². The molecule has 0 fully saturated rings. The summed E-state index contributed by atoms with van der Waals surface area (Å²) in [7, 11) is 3.50. The zero-order valence-corrected chi connectivity index (χ0v) is 11.7. The second kappa shape index (κ2) is 6.61. The lowest BCUT2D eigenvalue weighted by Crippen LogP contribution is -2.26. The summed E-state index contributed by atoms with van der Waals surface area (Å²) >= 11 is 6.16. The number of hydrogen-bond donors (Lipinski definition) is 2. The van der Waals surface area contributed by atoms with E-state index < -0.39 is 6.10 Å². The first-order chi connectivity index (χ1) is 8.45. The van der Waals surface area contributed by atoms with Crippen LogP contribution in [0.1, 0.15) is 25.0 Å². The van der Waals surface area contributed by atoms with E-state index in [1.165, 1.54) is 0 Å². The van der Waals surface area contributed by atoms with Gasteiger partial charge in [0.2, 0.25) is 5.91 Å². The molecule has 100 valence electrons. The van der Waals surface area contributed by atoms with E-state index in [1.54, 1.807) is 20.0 Å². The maximum absolute atomic E-state index is 11.2. The van der Waals surface area contributed by atoms with Gasteiger partial charge in [0.15, 0.2) is 0 Å². The molecule has 1 rings (SSSR count). The van der Waals surface area contributed by atoms with Gasteiger partial charge in [-0.05, 0) is 24.6 Å². The second-order valence-electron chi connectivity index (χ2n) is 4.23. The lowest BCUT2D eigenvalue weighted by Gasteiger charge is -2.21. The van der Waals surface area contributed by atoms with Gasteiger partial charge in [-0.25, -0.2) is 0 Å². The minimum absolute atomic E-state index is 0.00132. The number of aliphatic hydroxyl groups is 1. The van der Waals surface area contributed by atoms with E-state index in [1.807, 2.05) is 24.1 Å². The Bertz CT molecular complexity index is 421. The molecule has 18 heavy (non-hydrogen) atoms. The number of carbonyl (C=O) groups excluding carboxylic acids is 1. The minimum Gasteiger partial charge on any atom is -0.389 e. The number of benzene rings is 1. The molecule has 5 heteroatoms. The Labute approximate surface area is 113 Å². The van der Waals surface area contributed by atoms with Crippen LogP contribution < -0.4 is 10.2 Å². The topological polar surface area (TPSA) is 52.6 Å². The number of hydrogen-bond acceptors (Lipinski definition) is 3. The van der Waals surface area contributed by atoms with Crippen LogP contribution in [0.3, 0.4) is 0 Å². The fourth-order valence-electron chi connectivity index (χ4n) is 1.61. The number of nitrogens with zero attached hydrogens (tertiary/aromatic N) is 1. The predicted molar refractivity (Wildman–Crippen MR) is 74.0 cm³/mol. The van der Waals surface area contributed by atoms with Crippen molar-refractivity contribution in [3.05, 3.63) is 28.8 Å². The van der Waals surface area contributed by atoms with Gasteiger partial charge in [-0.15, -0.1) is 0 Å². The number of rotatable bonds is 5. The maximum atomic E-state index is 11.2. The molecule has 0 aliphatic carbocycles. The summed E-state index contributed by atoms with van der Waals surface area (Å²) in [5.41, 5.74) is 1.63. The maximum Gasteiger partial charge on any atom is 0.221 e. The molecule has 0 saturated heterocycles. The first-order valence-electron chi connectivity index (χ1n) is 5.85.